The van der Waals surface area contributed by atoms with Crippen molar-refractivity contribution in [2.45, 2.75) is 6.42 Å². The first kappa shape index (κ1) is 20.4. The minimum absolute atomic E-state index is 0.0120. The summed E-state index contributed by atoms with van der Waals surface area (Å²) in [6.07, 6.45) is 1.26. The molecule has 2 aromatic rings. The van der Waals surface area contributed by atoms with Crippen LogP contribution in [0.4, 0.5) is 10.1 Å². The highest BCUT2D eigenvalue weighted by molar-refractivity contribution is 7.92. The second kappa shape index (κ2) is 9.13. The summed E-state index contributed by atoms with van der Waals surface area (Å²) >= 11 is 0. The molecule has 0 bridgehead atoms. The van der Waals surface area contributed by atoms with Gasteiger partial charge in [-0.25, -0.2) is 17.6 Å². The molecule has 1 amide bonds. The molecule has 0 heterocycles. The molecule has 0 saturated heterocycles. The normalized spacial score (nSPS) is 10.9. The van der Waals surface area contributed by atoms with Gasteiger partial charge in [-0.05, 0) is 30.2 Å². The summed E-state index contributed by atoms with van der Waals surface area (Å²) in [5.41, 5.74) is 0.516. The summed E-state index contributed by atoms with van der Waals surface area (Å²) in [5.74, 6) is -1.74. The predicted octanol–water partition coefficient (Wildman–Crippen LogP) is 1.71. The Bertz CT molecular complexity index is 931. The smallest absolute Gasteiger partial charge is 0.340 e. The van der Waals surface area contributed by atoms with Crippen molar-refractivity contribution in [3.05, 3.63) is 65.5 Å². The molecule has 0 radical (unpaired) electrons. The van der Waals surface area contributed by atoms with Gasteiger partial charge in [0.1, 0.15) is 5.82 Å². The van der Waals surface area contributed by atoms with E-state index in [9.17, 15) is 22.4 Å². The average molecular weight is 394 g/mol. The number of benzene rings is 2. The number of carbonyl (C=O) groups is 2. The molecule has 0 aromatic heterocycles. The van der Waals surface area contributed by atoms with Gasteiger partial charge in [0.05, 0.1) is 17.5 Å². The van der Waals surface area contributed by atoms with E-state index in [2.05, 4.69) is 10.0 Å². The lowest BCUT2D eigenvalue weighted by molar-refractivity contribution is -0.124. The van der Waals surface area contributed by atoms with E-state index in [0.29, 0.717) is 12.0 Å². The molecule has 0 aliphatic carbocycles. The van der Waals surface area contributed by atoms with Gasteiger partial charge in [0, 0.05) is 6.54 Å². The molecule has 2 rings (SSSR count). The van der Waals surface area contributed by atoms with E-state index in [0.717, 1.165) is 6.26 Å². The number of carbonyl (C=O) groups excluding carboxylic acids is 2. The van der Waals surface area contributed by atoms with Crippen molar-refractivity contribution in [2.75, 3.05) is 24.1 Å². The lowest BCUT2D eigenvalue weighted by Gasteiger charge is -2.10. The third-order valence-corrected chi connectivity index (χ3v) is 4.04. The lowest BCUT2D eigenvalue weighted by atomic mass is 10.1. The zero-order chi connectivity index (χ0) is 19.9. The Hall–Kier alpha value is -2.94. The summed E-state index contributed by atoms with van der Waals surface area (Å²) in [4.78, 5) is 23.9. The lowest BCUT2D eigenvalue weighted by Crippen LogP contribution is -2.30. The number of para-hydroxylation sites is 1. The minimum Gasteiger partial charge on any atom is -0.452 e. The average Bonchev–Trinajstić information content (AvgIpc) is 2.60. The van der Waals surface area contributed by atoms with Crippen molar-refractivity contribution in [3.8, 4) is 0 Å². The van der Waals surface area contributed by atoms with Crippen molar-refractivity contribution in [3.63, 3.8) is 0 Å². The van der Waals surface area contributed by atoms with Gasteiger partial charge in [-0.3, -0.25) is 9.52 Å². The summed E-state index contributed by atoms with van der Waals surface area (Å²) in [5, 5.41) is 2.52. The second-order valence-electron chi connectivity index (χ2n) is 5.69. The van der Waals surface area contributed by atoms with Gasteiger partial charge >= 0.3 is 5.97 Å². The molecular formula is C18H19FN2O5S. The van der Waals surface area contributed by atoms with Crippen LogP contribution in [-0.4, -0.2) is 39.7 Å². The van der Waals surface area contributed by atoms with Gasteiger partial charge in [-0.2, -0.15) is 0 Å². The zero-order valence-corrected chi connectivity index (χ0v) is 15.4. The number of hydrogen-bond acceptors (Lipinski definition) is 5. The fourth-order valence-electron chi connectivity index (χ4n) is 2.25. The van der Waals surface area contributed by atoms with Gasteiger partial charge in [0.2, 0.25) is 10.0 Å². The van der Waals surface area contributed by atoms with E-state index < -0.39 is 28.5 Å². The molecule has 0 spiro atoms. The molecule has 27 heavy (non-hydrogen) atoms. The summed E-state index contributed by atoms with van der Waals surface area (Å²) in [6, 6.07) is 12.1. The highest BCUT2D eigenvalue weighted by Crippen LogP contribution is 2.17. The van der Waals surface area contributed by atoms with E-state index in [1.165, 1.54) is 18.2 Å². The van der Waals surface area contributed by atoms with Gasteiger partial charge in [0.25, 0.3) is 5.91 Å². The van der Waals surface area contributed by atoms with Gasteiger partial charge in [0.15, 0.2) is 6.61 Å². The Morgan fingerprint density at radius 2 is 1.74 bits per heavy atom. The monoisotopic (exact) mass is 394 g/mol. The van der Waals surface area contributed by atoms with Gasteiger partial charge < -0.3 is 10.1 Å². The Balaban J connectivity index is 1.85. The molecule has 0 aliphatic heterocycles. The molecule has 0 fully saturated rings. The number of amides is 1. The topological polar surface area (TPSA) is 102 Å². The van der Waals surface area contributed by atoms with Crippen molar-refractivity contribution in [1.29, 1.82) is 0 Å². The van der Waals surface area contributed by atoms with E-state index >= 15 is 0 Å². The molecular weight excluding hydrogens is 375 g/mol. The number of ether oxygens (including phenoxy) is 1. The fraction of sp³-hybridized carbons (Fsp3) is 0.222. The van der Waals surface area contributed by atoms with Crippen LogP contribution in [0.5, 0.6) is 0 Å². The highest BCUT2D eigenvalue weighted by atomic mass is 32.2. The highest BCUT2D eigenvalue weighted by Gasteiger charge is 2.16. The molecule has 2 N–H and O–H groups in total. The summed E-state index contributed by atoms with van der Waals surface area (Å²) in [7, 11) is -3.57. The van der Waals surface area contributed by atoms with Crippen LogP contribution in [0.1, 0.15) is 15.9 Å². The maximum Gasteiger partial charge on any atom is 0.340 e. The van der Waals surface area contributed by atoms with Crippen molar-refractivity contribution in [2.24, 2.45) is 0 Å². The van der Waals surface area contributed by atoms with Crippen LogP contribution in [0.15, 0.2) is 48.5 Å². The number of nitrogens with one attached hydrogen (secondary N) is 2. The van der Waals surface area contributed by atoms with Crippen LogP contribution in [0, 0.1) is 5.82 Å². The molecule has 2 aromatic carbocycles. The van der Waals surface area contributed by atoms with Crippen LogP contribution in [0.25, 0.3) is 0 Å². The van der Waals surface area contributed by atoms with Gasteiger partial charge in [-0.15, -0.1) is 0 Å². The third-order valence-electron chi connectivity index (χ3n) is 3.45. The molecule has 9 heteroatoms. The van der Waals surface area contributed by atoms with Crippen molar-refractivity contribution in [1.82, 2.24) is 5.32 Å². The van der Waals surface area contributed by atoms with Crippen LogP contribution in [-0.2, 0) is 26.0 Å². The zero-order valence-electron chi connectivity index (χ0n) is 14.6. The van der Waals surface area contributed by atoms with Crippen molar-refractivity contribution < 1.29 is 27.1 Å². The maximum absolute atomic E-state index is 13.5. The third kappa shape index (κ3) is 6.70. The largest absolute Gasteiger partial charge is 0.452 e. The Morgan fingerprint density at radius 3 is 2.44 bits per heavy atom. The number of anilines is 1. The Kier molecular flexibility index (Phi) is 6.89. The molecule has 0 atom stereocenters. The van der Waals surface area contributed by atoms with Gasteiger partial charge in [-0.1, -0.05) is 30.3 Å². The van der Waals surface area contributed by atoms with Crippen LogP contribution in [0.3, 0.4) is 0 Å². The molecule has 7 nitrogen and oxygen atoms in total. The molecule has 0 unspecified atom stereocenters. The maximum atomic E-state index is 13.5. The summed E-state index contributed by atoms with van der Waals surface area (Å²) in [6.45, 7) is -0.354. The quantitative estimate of drug-likeness (QED) is 0.664. The minimum atomic E-state index is -3.57. The number of sulfonamides is 1. The first-order valence-electron chi connectivity index (χ1n) is 8.00. The second-order valence-corrected chi connectivity index (χ2v) is 7.44. The molecule has 144 valence electrons. The Labute approximate surface area is 156 Å². The van der Waals surface area contributed by atoms with E-state index in [4.69, 9.17) is 4.74 Å². The number of rotatable bonds is 8. The van der Waals surface area contributed by atoms with Crippen LogP contribution >= 0.6 is 0 Å². The van der Waals surface area contributed by atoms with E-state index in [1.807, 2.05) is 0 Å². The number of esters is 1. The van der Waals surface area contributed by atoms with E-state index in [-0.39, 0.29) is 23.6 Å². The first-order valence-corrected chi connectivity index (χ1v) is 9.89. The first-order chi connectivity index (χ1) is 12.8. The number of hydrogen-bond donors (Lipinski definition) is 2. The van der Waals surface area contributed by atoms with Crippen LogP contribution in [0.2, 0.25) is 0 Å². The Morgan fingerprint density at radius 1 is 1.07 bits per heavy atom. The fourth-order valence-corrected chi connectivity index (χ4v) is 2.82. The standard InChI is InChI=1S/C18H19FN2O5S/c1-27(24,25)21-16-9-5-3-7-14(16)18(23)26-12-17(22)20-11-10-13-6-2-4-8-15(13)19/h2-9,21H,10-12H2,1H3,(H,20,22). The van der Waals surface area contributed by atoms with Crippen molar-refractivity contribution >= 4 is 27.6 Å². The SMILES string of the molecule is CS(=O)(=O)Nc1ccccc1C(=O)OCC(=O)NCCc1ccccc1F. The van der Waals surface area contributed by atoms with Crippen LogP contribution < -0.4 is 10.0 Å². The molecule has 0 aliphatic rings. The molecule has 0 saturated carbocycles. The van der Waals surface area contributed by atoms with E-state index in [1.54, 1.807) is 30.3 Å². The number of halogens is 1. The summed E-state index contributed by atoms with van der Waals surface area (Å²) < 4.78 is 43.3. The predicted molar refractivity (Wildman–Crippen MR) is 98.3 cm³/mol.